The molecule has 0 fully saturated rings. The summed E-state index contributed by atoms with van der Waals surface area (Å²) in [4.78, 5) is 0. The zero-order valence-corrected chi connectivity index (χ0v) is 4.18. The normalized spacial score (nSPS) is 0. The Kier molecular flexibility index (Phi) is 5510. The van der Waals surface area contributed by atoms with Gasteiger partial charge in [-0.2, -0.15) is 0 Å². The molecule has 0 saturated heterocycles. The van der Waals surface area contributed by atoms with Crippen molar-refractivity contribution >= 4 is 0 Å². The van der Waals surface area contributed by atoms with Crippen molar-refractivity contribution in [2.75, 3.05) is 0 Å². The molecule has 0 atom stereocenters. The molecule has 5 nitrogen and oxygen atoms in total. The minimum absolute atomic E-state index is 0. The molecule has 0 N–H and O–H groups in total. The maximum atomic E-state index is 0. The molecule has 0 aromatic carbocycles. The van der Waals surface area contributed by atoms with Gasteiger partial charge >= 0.3 is 37.3 Å². The molecule has 1 radical (unpaired) electrons. The third-order valence-corrected chi connectivity index (χ3v) is 0. The maximum Gasteiger partial charge on any atom is 3.00 e. The predicted octanol–water partition coefficient (Wildman–Crippen LogP) is -0.594. The first-order valence-electron chi connectivity index (χ1n) is 0. The van der Waals surface area contributed by atoms with Crippen molar-refractivity contribution in [3.63, 3.8) is 0 Å². The number of hydrogen-bond donors (Lipinski definition) is 0. The van der Waals surface area contributed by atoms with Crippen LogP contribution in [0.2, 0.25) is 0 Å². The van der Waals surface area contributed by atoms with Gasteiger partial charge in [-0.1, -0.05) is 0 Å². The van der Waals surface area contributed by atoms with Crippen LogP contribution in [0.5, 0.6) is 0 Å². The SMILES string of the molecule is [Er+3].[O-2].[O-2].[O-2].[O-2].[O-2]. The second kappa shape index (κ2) is 141. The van der Waals surface area contributed by atoms with E-state index < -0.39 is 0 Å². The largest absolute Gasteiger partial charge is 3.00 e. The molecule has 0 rings (SSSR count). The van der Waals surface area contributed by atoms with Gasteiger partial charge in [0.1, 0.15) is 0 Å². The number of hydrogen-bond acceptors (Lipinski definition) is 0. The molecule has 0 aromatic rings. The summed E-state index contributed by atoms with van der Waals surface area (Å²) >= 11 is 0. The van der Waals surface area contributed by atoms with Crippen LogP contribution < -0.4 is 0 Å². The molecule has 0 bridgehead atoms. The quantitative estimate of drug-likeness (QED) is 0.539. The average molecular weight is 247 g/mol. The van der Waals surface area contributed by atoms with Crippen LogP contribution in [-0.2, 0) is 27.4 Å². The van der Waals surface area contributed by atoms with Crippen LogP contribution in [0.3, 0.4) is 0 Å². The van der Waals surface area contributed by atoms with E-state index in [0.717, 1.165) is 0 Å². The fraction of sp³-hybridized carbons (Fsp3) is 0. The van der Waals surface area contributed by atoms with Crippen LogP contribution in [0.1, 0.15) is 0 Å². The van der Waals surface area contributed by atoms with Gasteiger partial charge in [0.2, 0.25) is 0 Å². The molecule has 0 aromatic heterocycles. The molecule has 0 saturated carbocycles. The van der Waals surface area contributed by atoms with Crippen LogP contribution in [0, 0.1) is 37.3 Å². The van der Waals surface area contributed by atoms with E-state index in [-0.39, 0.29) is 64.7 Å². The van der Waals surface area contributed by atoms with E-state index in [0.29, 0.717) is 0 Å². The standard InChI is InChI=1S/Er.5O/q+3;5*-2. The minimum Gasteiger partial charge on any atom is -2.00 e. The van der Waals surface area contributed by atoms with E-state index >= 15 is 0 Å². The summed E-state index contributed by atoms with van der Waals surface area (Å²) in [6.07, 6.45) is 0. The van der Waals surface area contributed by atoms with Crippen LogP contribution in [0.25, 0.3) is 0 Å². The minimum atomic E-state index is 0. The molecule has 0 aliphatic rings. The molecular formula is ErO5-7. The van der Waals surface area contributed by atoms with E-state index in [9.17, 15) is 0 Å². The Balaban J connectivity index is 0. The van der Waals surface area contributed by atoms with Gasteiger partial charge in [-0.15, -0.1) is 0 Å². The Morgan fingerprint density at radius 3 is 0.333 bits per heavy atom. The first-order valence-corrected chi connectivity index (χ1v) is 0. The molecule has 0 amide bonds. The Morgan fingerprint density at radius 2 is 0.333 bits per heavy atom. The fourth-order valence-electron chi connectivity index (χ4n) is 0. The molecule has 0 aliphatic heterocycles. The van der Waals surface area contributed by atoms with Crippen molar-refractivity contribution in [3.8, 4) is 0 Å². The van der Waals surface area contributed by atoms with Gasteiger partial charge in [0.05, 0.1) is 0 Å². The third-order valence-electron chi connectivity index (χ3n) is 0. The number of rotatable bonds is 0. The van der Waals surface area contributed by atoms with E-state index in [1.54, 1.807) is 0 Å². The fourth-order valence-corrected chi connectivity index (χ4v) is 0. The molecule has 0 aliphatic carbocycles. The Morgan fingerprint density at radius 1 is 0.333 bits per heavy atom. The molecule has 0 spiro atoms. The van der Waals surface area contributed by atoms with Crippen molar-refractivity contribution < 1.29 is 64.7 Å². The Hall–Kier alpha value is 1.05. The maximum absolute atomic E-state index is 0. The van der Waals surface area contributed by atoms with E-state index in [1.807, 2.05) is 0 Å². The third kappa shape index (κ3) is 75.4. The van der Waals surface area contributed by atoms with Gasteiger partial charge in [-0.3, -0.25) is 0 Å². The van der Waals surface area contributed by atoms with E-state index in [4.69, 9.17) is 0 Å². The summed E-state index contributed by atoms with van der Waals surface area (Å²) in [5, 5.41) is 0. The van der Waals surface area contributed by atoms with E-state index in [2.05, 4.69) is 0 Å². The topological polar surface area (TPSA) is 142 Å². The average Bonchev–Trinajstić information content (AvgIpc) is 0. The monoisotopic (exact) mass is 246 g/mol. The molecule has 0 heterocycles. The van der Waals surface area contributed by atoms with Gasteiger partial charge in [0, 0.05) is 0 Å². The summed E-state index contributed by atoms with van der Waals surface area (Å²) in [6, 6.07) is 0. The van der Waals surface area contributed by atoms with Gasteiger partial charge in [-0.05, 0) is 0 Å². The van der Waals surface area contributed by atoms with E-state index in [1.165, 1.54) is 0 Å². The van der Waals surface area contributed by atoms with Crippen LogP contribution in [-0.4, -0.2) is 0 Å². The Bertz CT molecular complexity index is 3.90. The summed E-state index contributed by atoms with van der Waals surface area (Å²) in [5.41, 5.74) is 0. The molecule has 49 valence electrons. The van der Waals surface area contributed by atoms with Crippen molar-refractivity contribution in [2.45, 2.75) is 0 Å². The smallest absolute Gasteiger partial charge is 2.00 e. The van der Waals surface area contributed by atoms with Crippen molar-refractivity contribution in [1.29, 1.82) is 0 Å². The van der Waals surface area contributed by atoms with Crippen molar-refractivity contribution in [2.24, 2.45) is 0 Å². The predicted molar refractivity (Wildman–Crippen MR) is 3.43 cm³/mol. The molecule has 6 heteroatoms. The zero-order chi connectivity index (χ0) is 0. The first kappa shape index (κ1) is 235. The molecular weight excluding hydrogens is 247 g/mol. The van der Waals surface area contributed by atoms with Gasteiger partial charge in [0.15, 0.2) is 0 Å². The Labute approximate surface area is 64.5 Å². The second-order valence-corrected chi connectivity index (χ2v) is 0. The molecule has 0 unspecified atom stereocenters. The summed E-state index contributed by atoms with van der Waals surface area (Å²) in [5.74, 6) is 0. The van der Waals surface area contributed by atoms with Gasteiger partial charge < -0.3 is 27.4 Å². The van der Waals surface area contributed by atoms with Crippen LogP contribution in [0.4, 0.5) is 0 Å². The van der Waals surface area contributed by atoms with Crippen LogP contribution >= 0.6 is 0 Å². The van der Waals surface area contributed by atoms with Crippen molar-refractivity contribution in [1.82, 2.24) is 0 Å². The second-order valence-electron chi connectivity index (χ2n) is 0. The van der Waals surface area contributed by atoms with Gasteiger partial charge in [-0.25, -0.2) is 0 Å². The van der Waals surface area contributed by atoms with Crippen LogP contribution in [0.15, 0.2) is 0 Å². The summed E-state index contributed by atoms with van der Waals surface area (Å²) < 4.78 is 0. The molecule has 6 heavy (non-hydrogen) atoms. The van der Waals surface area contributed by atoms with Gasteiger partial charge in [0.25, 0.3) is 0 Å². The summed E-state index contributed by atoms with van der Waals surface area (Å²) in [6.45, 7) is 0. The summed E-state index contributed by atoms with van der Waals surface area (Å²) in [7, 11) is 0. The zero-order valence-electron chi connectivity index (χ0n) is 2.33. The van der Waals surface area contributed by atoms with Crippen molar-refractivity contribution in [3.05, 3.63) is 0 Å². The first-order chi connectivity index (χ1) is 0.